The molecule has 2 aliphatic rings. The highest BCUT2D eigenvalue weighted by Gasteiger charge is 2.50. The smallest absolute Gasteiger partial charge is 0.282 e. The van der Waals surface area contributed by atoms with Gasteiger partial charge in [-0.25, -0.2) is 9.37 Å². The number of nitrogens with zero attached hydrogens (tertiary/aromatic N) is 6. The van der Waals surface area contributed by atoms with Crippen molar-refractivity contribution in [1.29, 1.82) is 0 Å². The van der Waals surface area contributed by atoms with E-state index in [0.29, 0.717) is 30.4 Å². The summed E-state index contributed by atoms with van der Waals surface area (Å²) in [5.41, 5.74) is 0.360. The number of likely N-dealkylation sites (tertiary alicyclic amines) is 1. The first-order chi connectivity index (χ1) is 20.6. The lowest BCUT2D eigenvalue weighted by Crippen LogP contribution is -2.62. The van der Waals surface area contributed by atoms with Crippen LogP contribution in [0.5, 0.6) is 11.6 Å². The van der Waals surface area contributed by atoms with E-state index in [9.17, 15) is 9.18 Å². The highest BCUT2D eigenvalue weighted by atomic mass is 19.1. The molecule has 2 fully saturated rings. The van der Waals surface area contributed by atoms with Crippen molar-refractivity contribution < 1.29 is 18.7 Å². The van der Waals surface area contributed by atoms with Crippen LogP contribution < -0.4 is 15.0 Å². The molecule has 2 aromatic rings. The fraction of sp³-hybridized carbons (Fsp3) is 0.688. The molecule has 0 saturated carbocycles. The third kappa shape index (κ3) is 7.99. The standard InChI is InChI=1S/C32H50FN7O3/c1-8-40(23(4)5)31(41)26-16-25(33)11-12-28(26)43-30-29(35-21-36-37-30)38-15-13-32(18-38)19-39(20-32)27(22(2)3)10-9-14-34-24(6)17-42-7/h11-12,16,21-24,27,34H,8-10,13-15,17-20H2,1-7H3/t24?,27-/m1/s1. The number of methoxy groups -OCH3 is 1. The molecule has 1 aromatic heterocycles. The second-order valence-electron chi connectivity index (χ2n) is 12.9. The Bertz CT molecular complexity index is 1210. The summed E-state index contributed by atoms with van der Waals surface area (Å²) in [5, 5.41) is 11.8. The van der Waals surface area contributed by atoms with Gasteiger partial charge in [-0.1, -0.05) is 13.8 Å². The molecule has 2 saturated heterocycles. The van der Waals surface area contributed by atoms with Crippen molar-refractivity contribution in [2.24, 2.45) is 11.3 Å². The van der Waals surface area contributed by atoms with Crippen molar-refractivity contribution in [1.82, 2.24) is 30.3 Å². The minimum Gasteiger partial charge on any atom is -0.434 e. The molecule has 1 unspecified atom stereocenters. The van der Waals surface area contributed by atoms with E-state index in [1.807, 2.05) is 20.8 Å². The molecule has 0 radical (unpaired) electrons. The van der Waals surface area contributed by atoms with Gasteiger partial charge in [-0.15, -0.1) is 10.2 Å². The molecule has 1 spiro atoms. The lowest BCUT2D eigenvalue weighted by Gasteiger charge is -2.53. The number of rotatable bonds is 15. The maximum absolute atomic E-state index is 14.3. The van der Waals surface area contributed by atoms with Gasteiger partial charge in [0.25, 0.3) is 11.8 Å². The van der Waals surface area contributed by atoms with Crippen molar-refractivity contribution in [3.63, 3.8) is 0 Å². The molecule has 1 N–H and O–H groups in total. The Labute approximate surface area is 256 Å². The second-order valence-corrected chi connectivity index (χ2v) is 12.9. The van der Waals surface area contributed by atoms with E-state index in [1.54, 1.807) is 12.0 Å². The molecule has 0 aliphatic carbocycles. The van der Waals surface area contributed by atoms with Crippen LogP contribution in [0.25, 0.3) is 0 Å². The molecule has 11 heteroatoms. The predicted octanol–water partition coefficient (Wildman–Crippen LogP) is 4.61. The Morgan fingerprint density at radius 2 is 1.95 bits per heavy atom. The Balaban J connectivity index is 1.41. The fourth-order valence-corrected chi connectivity index (χ4v) is 6.63. The van der Waals surface area contributed by atoms with Crippen molar-refractivity contribution in [2.75, 3.05) is 57.9 Å². The highest BCUT2D eigenvalue weighted by molar-refractivity contribution is 5.97. The Hall–Kier alpha value is -2.89. The van der Waals surface area contributed by atoms with Gasteiger partial charge in [0.15, 0.2) is 5.82 Å². The maximum Gasteiger partial charge on any atom is 0.282 e. The zero-order valence-corrected chi connectivity index (χ0v) is 27.0. The molecule has 10 nitrogen and oxygen atoms in total. The van der Waals surface area contributed by atoms with Gasteiger partial charge in [0.2, 0.25) is 0 Å². The first-order valence-corrected chi connectivity index (χ1v) is 15.7. The van der Waals surface area contributed by atoms with Crippen LogP contribution in [0.1, 0.15) is 71.2 Å². The van der Waals surface area contributed by atoms with Crippen molar-refractivity contribution in [2.45, 2.75) is 78.9 Å². The molecule has 4 rings (SSSR count). The molecule has 3 heterocycles. The van der Waals surface area contributed by atoms with Crippen molar-refractivity contribution in [3.05, 3.63) is 35.9 Å². The number of hydrogen-bond acceptors (Lipinski definition) is 9. The van der Waals surface area contributed by atoms with Gasteiger partial charge in [0, 0.05) is 63.4 Å². The number of amides is 1. The first kappa shape index (κ1) is 33.0. The lowest BCUT2D eigenvalue weighted by atomic mass is 9.76. The maximum atomic E-state index is 14.3. The van der Waals surface area contributed by atoms with E-state index in [4.69, 9.17) is 9.47 Å². The summed E-state index contributed by atoms with van der Waals surface area (Å²) in [7, 11) is 1.74. The average molecular weight is 600 g/mol. The van der Waals surface area contributed by atoms with Crippen LogP contribution in [0.3, 0.4) is 0 Å². The predicted molar refractivity (Wildman–Crippen MR) is 166 cm³/mol. The van der Waals surface area contributed by atoms with Gasteiger partial charge < -0.3 is 24.6 Å². The summed E-state index contributed by atoms with van der Waals surface area (Å²) in [4.78, 5) is 24.4. The summed E-state index contributed by atoms with van der Waals surface area (Å²) < 4.78 is 25.7. The minimum absolute atomic E-state index is 0.0400. The number of carbonyl (C=O) groups is 1. The Morgan fingerprint density at radius 3 is 2.63 bits per heavy atom. The SMILES string of the molecule is CCN(C(=O)c1cc(F)ccc1Oc1nncnc1N1CCC2(C1)CN([C@H](CCCNC(C)COC)C(C)C)C2)C(C)C. The van der Waals surface area contributed by atoms with Gasteiger partial charge in [0.1, 0.15) is 17.9 Å². The van der Waals surface area contributed by atoms with Gasteiger partial charge in [-0.05, 0) is 77.6 Å². The van der Waals surface area contributed by atoms with Crippen molar-refractivity contribution >= 4 is 11.7 Å². The first-order valence-electron chi connectivity index (χ1n) is 15.7. The molecule has 2 atom stereocenters. The number of halogens is 1. The summed E-state index contributed by atoms with van der Waals surface area (Å²) in [5.74, 6) is 0.855. The fourth-order valence-electron chi connectivity index (χ4n) is 6.63. The molecule has 43 heavy (non-hydrogen) atoms. The van der Waals surface area contributed by atoms with E-state index in [0.717, 1.165) is 52.2 Å². The van der Waals surface area contributed by atoms with E-state index >= 15 is 0 Å². The van der Waals surface area contributed by atoms with Gasteiger partial charge in [-0.3, -0.25) is 9.69 Å². The zero-order valence-electron chi connectivity index (χ0n) is 27.0. The number of ether oxygens (including phenoxy) is 2. The van der Waals surface area contributed by atoms with E-state index in [2.05, 4.69) is 51.1 Å². The topological polar surface area (TPSA) is 96.0 Å². The largest absolute Gasteiger partial charge is 0.434 e. The average Bonchev–Trinajstić information content (AvgIpc) is 3.39. The van der Waals surface area contributed by atoms with Crippen LogP contribution in [-0.2, 0) is 4.74 Å². The van der Waals surface area contributed by atoms with Crippen LogP contribution >= 0.6 is 0 Å². The van der Waals surface area contributed by atoms with Crippen molar-refractivity contribution in [3.8, 4) is 11.6 Å². The van der Waals surface area contributed by atoms with Gasteiger partial charge in [-0.2, -0.15) is 0 Å². The Morgan fingerprint density at radius 1 is 1.19 bits per heavy atom. The third-order valence-electron chi connectivity index (χ3n) is 8.81. The summed E-state index contributed by atoms with van der Waals surface area (Å²) in [6, 6.07) is 4.87. The molecule has 0 bridgehead atoms. The number of hydrogen-bond donors (Lipinski definition) is 1. The number of benzene rings is 1. The minimum atomic E-state index is -0.499. The quantitative estimate of drug-likeness (QED) is 0.294. The zero-order chi connectivity index (χ0) is 31.1. The van der Waals surface area contributed by atoms with Crippen LogP contribution in [-0.4, -0.2) is 102 Å². The van der Waals surface area contributed by atoms with E-state index in [1.165, 1.54) is 30.9 Å². The number of aromatic nitrogens is 3. The molecular weight excluding hydrogens is 549 g/mol. The normalized spacial score (nSPS) is 17.9. The summed E-state index contributed by atoms with van der Waals surface area (Å²) in [6.07, 6.45) is 4.79. The van der Waals surface area contributed by atoms with Crippen LogP contribution in [0.2, 0.25) is 0 Å². The lowest BCUT2D eigenvalue weighted by molar-refractivity contribution is -0.0339. The number of nitrogens with one attached hydrogen (secondary N) is 1. The monoisotopic (exact) mass is 599 g/mol. The molecular formula is C32H50FN7O3. The second kappa shape index (κ2) is 14.7. The third-order valence-corrected chi connectivity index (χ3v) is 8.81. The molecule has 238 valence electrons. The molecule has 2 aliphatic heterocycles. The molecule has 1 aromatic carbocycles. The van der Waals surface area contributed by atoms with Crippen LogP contribution in [0, 0.1) is 17.2 Å². The summed E-state index contributed by atoms with van der Waals surface area (Å²) in [6.45, 7) is 18.6. The molecule has 1 amide bonds. The Kier molecular flexibility index (Phi) is 11.3. The van der Waals surface area contributed by atoms with Crippen LogP contribution in [0.15, 0.2) is 24.5 Å². The summed E-state index contributed by atoms with van der Waals surface area (Å²) >= 11 is 0. The van der Waals surface area contributed by atoms with E-state index in [-0.39, 0.29) is 34.6 Å². The highest BCUT2D eigenvalue weighted by Crippen LogP contribution is 2.44. The van der Waals surface area contributed by atoms with Crippen LogP contribution in [0.4, 0.5) is 10.2 Å². The van der Waals surface area contributed by atoms with Gasteiger partial charge >= 0.3 is 0 Å². The van der Waals surface area contributed by atoms with E-state index < -0.39 is 5.82 Å². The number of carbonyl (C=O) groups excluding carboxylic acids is 1. The van der Waals surface area contributed by atoms with Gasteiger partial charge in [0.05, 0.1) is 12.2 Å². The number of anilines is 1.